The molecule has 0 radical (unpaired) electrons. The van der Waals surface area contributed by atoms with Gasteiger partial charge < -0.3 is 9.47 Å². The first-order valence-electron chi connectivity index (χ1n) is 12.8. The fourth-order valence-electron chi connectivity index (χ4n) is 4.63. The molecule has 30 heavy (non-hydrogen) atoms. The highest BCUT2D eigenvalue weighted by atomic mass is 19.1. The van der Waals surface area contributed by atoms with Crippen molar-refractivity contribution >= 4 is 0 Å². The van der Waals surface area contributed by atoms with Gasteiger partial charge in [-0.15, -0.1) is 0 Å². The van der Waals surface area contributed by atoms with Gasteiger partial charge in [-0.25, -0.2) is 4.39 Å². The number of halogens is 1. The standard InChI is InChI=1S/C27H45FO2/c1-3-5-7-8-10-20-30-27-19-18-25(22-26(27)28)29-21-11-13-24-16-14-23(15-17-24)12-9-6-4-2/h18-19,22-24H,3-17,20-21H2,1-2H3. The number of hydrogen-bond acceptors (Lipinski definition) is 2. The molecule has 1 fully saturated rings. The number of ether oxygens (including phenoxy) is 2. The Balaban J connectivity index is 1.55. The molecule has 0 heterocycles. The first-order valence-corrected chi connectivity index (χ1v) is 12.8. The van der Waals surface area contributed by atoms with E-state index >= 15 is 0 Å². The second-order valence-corrected chi connectivity index (χ2v) is 9.23. The summed E-state index contributed by atoms with van der Waals surface area (Å²) in [6.07, 6.45) is 19.3. The normalized spacial score (nSPS) is 19.0. The zero-order valence-corrected chi connectivity index (χ0v) is 19.6. The van der Waals surface area contributed by atoms with Gasteiger partial charge in [0.15, 0.2) is 11.6 Å². The topological polar surface area (TPSA) is 18.5 Å². The Bertz CT molecular complexity index is 552. The van der Waals surface area contributed by atoms with Crippen molar-refractivity contribution in [3.8, 4) is 11.5 Å². The smallest absolute Gasteiger partial charge is 0.168 e. The van der Waals surface area contributed by atoms with Crippen LogP contribution in [-0.4, -0.2) is 13.2 Å². The van der Waals surface area contributed by atoms with Gasteiger partial charge in [0.2, 0.25) is 0 Å². The summed E-state index contributed by atoms with van der Waals surface area (Å²) in [6.45, 7) is 5.75. The van der Waals surface area contributed by atoms with Crippen molar-refractivity contribution in [2.75, 3.05) is 13.2 Å². The van der Waals surface area contributed by atoms with Crippen molar-refractivity contribution in [1.82, 2.24) is 0 Å². The Kier molecular flexibility index (Phi) is 13.0. The van der Waals surface area contributed by atoms with E-state index in [1.807, 2.05) is 6.07 Å². The number of benzene rings is 1. The van der Waals surface area contributed by atoms with E-state index in [1.165, 1.54) is 83.1 Å². The van der Waals surface area contributed by atoms with Crippen molar-refractivity contribution in [3.05, 3.63) is 24.0 Å². The maximum Gasteiger partial charge on any atom is 0.168 e. The highest BCUT2D eigenvalue weighted by Crippen LogP contribution is 2.34. The van der Waals surface area contributed by atoms with Gasteiger partial charge in [0.05, 0.1) is 13.2 Å². The molecule has 1 aromatic carbocycles. The van der Waals surface area contributed by atoms with Gasteiger partial charge in [-0.3, -0.25) is 0 Å². The molecule has 1 aromatic rings. The molecule has 0 aliphatic heterocycles. The van der Waals surface area contributed by atoms with E-state index in [0.29, 0.717) is 24.7 Å². The first kappa shape index (κ1) is 25.0. The van der Waals surface area contributed by atoms with Gasteiger partial charge >= 0.3 is 0 Å². The summed E-state index contributed by atoms with van der Waals surface area (Å²) in [5, 5.41) is 0. The molecule has 0 spiro atoms. The van der Waals surface area contributed by atoms with Crippen LogP contribution in [0.3, 0.4) is 0 Å². The van der Waals surface area contributed by atoms with E-state index in [4.69, 9.17) is 9.47 Å². The summed E-state index contributed by atoms with van der Waals surface area (Å²) in [5.74, 6) is 2.48. The SMILES string of the molecule is CCCCCCCOc1ccc(OCCCC2CCC(CCCCC)CC2)cc1F. The lowest BCUT2D eigenvalue weighted by Crippen LogP contribution is -2.15. The highest BCUT2D eigenvalue weighted by molar-refractivity contribution is 5.33. The lowest BCUT2D eigenvalue weighted by molar-refractivity contribution is 0.227. The Hall–Kier alpha value is -1.25. The van der Waals surface area contributed by atoms with Gasteiger partial charge in [0.1, 0.15) is 5.75 Å². The minimum Gasteiger partial charge on any atom is -0.493 e. The van der Waals surface area contributed by atoms with Crippen LogP contribution in [0.2, 0.25) is 0 Å². The number of hydrogen-bond donors (Lipinski definition) is 0. The lowest BCUT2D eigenvalue weighted by atomic mass is 9.78. The van der Waals surface area contributed by atoms with E-state index < -0.39 is 0 Å². The van der Waals surface area contributed by atoms with Crippen molar-refractivity contribution < 1.29 is 13.9 Å². The molecule has 0 saturated heterocycles. The van der Waals surface area contributed by atoms with E-state index in [1.54, 1.807) is 6.07 Å². The van der Waals surface area contributed by atoms with Crippen LogP contribution >= 0.6 is 0 Å². The molecule has 1 aliphatic rings. The molecule has 2 rings (SSSR count). The summed E-state index contributed by atoms with van der Waals surface area (Å²) in [4.78, 5) is 0. The Morgan fingerprint density at radius 2 is 1.33 bits per heavy atom. The van der Waals surface area contributed by atoms with Crippen LogP contribution in [0, 0.1) is 17.7 Å². The first-order chi connectivity index (χ1) is 14.7. The van der Waals surface area contributed by atoms with Gasteiger partial charge in [0, 0.05) is 6.07 Å². The molecule has 0 unspecified atom stereocenters. The predicted octanol–water partition coefficient (Wildman–Crippen LogP) is 8.72. The van der Waals surface area contributed by atoms with Gasteiger partial charge in [-0.1, -0.05) is 90.9 Å². The predicted molar refractivity (Wildman–Crippen MR) is 125 cm³/mol. The van der Waals surface area contributed by atoms with Crippen LogP contribution in [-0.2, 0) is 0 Å². The quantitative estimate of drug-likeness (QED) is 0.249. The molecule has 0 N–H and O–H groups in total. The average Bonchev–Trinajstić information content (AvgIpc) is 2.76. The lowest BCUT2D eigenvalue weighted by Gasteiger charge is -2.28. The second kappa shape index (κ2) is 15.5. The van der Waals surface area contributed by atoms with Crippen molar-refractivity contribution in [2.45, 2.75) is 110 Å². The molecular formula is C27H45FO2. The minimum atomic E-state index is -0.317. The van der Waals surface area contributed by atoms with E-state index in [2.05, 4.69) is 13.8 Å². The van der Waals surface area contributed by atoms with Gasteiger partial charge in [0.25, 0.3) is 0 Å². The van der Waals surface area contributed by atoms with Crippen molar-refractivity contribution in [1.29, 1.82) is 0 Å². The van der Waals surface area contributed by atoms with E-state index in [9.17, 15) is 4.39 Å². The summed E-state index contributed by atoms with van der Waals surface area (Å²) in [7, 11) is 0. The monoisotopic (exact) mass is 420 g/mol. The van der Waals surface area contributed by atoms with Crippen LogP contribution in [0.15, 0.2) is 18.2 Å². The molecular weight excluding hydrogens is 375 g/mol. The van der Waals surface area contributed by atoms with Crippen molar-refractivity contribution in [2.24, 2.45) is 11.8 Å². The molecule has 2 nitrogen and oxygen atoms in total. The third kappa shape index (κ3) is 10.2. The third-order valence-corrected chi connectivity index (χ3v) is 6.62. The van der Waals surface area contributed by atoms with E-state index in [0.717, 1.165) is 31.1 Å². The van der Waals surface area contributed by atoms with Crippen LogP contribution in [0.4, 0.5) is 4.39 Å². The molecule has 172 valence electrons. The Labute approximate surface area is 184 Å². The zero-order valence-electron chi connectivity index (χ0n) is 19.6. The number of rotatable bonds is 16. The van der Waals surface area contributed by atoms with E-state index in [-0.39, 0.29) is 5.82 Å². The third-order valence-electron chi connectivity index (χ3n) is 6.62. The molecule has 1 aliphatic carbocycles. The molecule has 0 bridgehead atoms. The summed E-state index contributed by atoms with van der Waals surface area (Å²) in [6, 6.07) is 5.00. The molecule has 1 saturated carbocycles. The van der Waals surface area contributed by atoms with Crippen LogP contribution in [0.25, 0.3) is 0 Å². The van der Waals surface area contributed by atoms with Gasteiger partial charge in [-0.2, -0.15) is 0 Å². The fraction of sp³-hybridized carbons (Fsp3) is 0.778. The fourth-order valence-corrected chi connectivity index (χ4v) is 4.63. The molecule has 0 atom stereocenters. The minimum absolute atomic E-state index is 0.317. The zero-order chi connectivity index (χ0) is 21.4. The molecule has 3 heteroatoms. The Morgan fingerprint density at radius 1 is 0.733 bits per heavy atom. The molecule has 0 aromatic heterocycles. The summed E-state index contributed by atoms with van der Waals surface area (Å²) in [5.41, 5.74) is 0. The van der Waals surface area contributed by atoms with Crippen LogP contribution in [0.1, 0.15) is 110 Å². The summed E-state index contributed by atoms with van der Waals surface area (Å²) < 4.78 is 25.6. The summed E-state index contributed by atoms with van der Waals surface area (Å²) >= 11 is 0. The number of unbranched alkanes of at least 4 members (excludes halogenated alkanes) is 6. The van der Waals surface area contributed by atoms with Crippen molar-refractivity contribution in [3.63, 3.8) is 0 Å². The van der Waals surface area contributed by atoms with Crippen LogP contribution in [0.5, 0.6) is 11.5 Å². The highest BCUT2D eigenvalue weighted by Gasteiger charge is 2.20. The average molecular weight is 421 g/mol. The second-order valence-electron chi connectivity index (χ2n) is 9.23. The Morgan fingerprint density at radius 3 is 2.00 bits per heavy atom. The maximum atomic E-state index is 14.2. The van der Waals surface area contributed by atoms with Crippen LogP contribution < -0.4 is 9.47 Å². The van der Waals surface area contributed by atoms with Gasteiger partial charge in [-0.05, 0) is 43.2 Å². The maximum absolute atomic E-state index is 14.2. The molecule has 0 amide bonds. The largest absolute Gasteiger partial charge is 0.493 e.